The molecule has 1 heterocycles. The van der Waals surface area contributed by atoms with Gasteiger partial charge in [0.15, 0.2) is 6.29 Å². The molecule has 4 heteroatoms. The summed E-state index contributed by atoms with van der Waals surface area (Å²) >= 11 is 3.32. The van der Waals surface area contributed by atoms with Crippen LogP contribution < -0.4 is 0 Å². The Bertz CT molecular complexity index is 476. The van der Waals surface area contributed by atoms with E-state index in [1.54, 1.807) is 10.9 Å². The van der Waals surface area contributed by atoms with Gasteiger partial charge in [0.25, 0.3) is 0 Å². The number of nitrogens with zero attached hydrogens (tertiary/aromatic N) is 2. The molecule has 1 aromatic carbocycles. The Kier molecular flexibility index (Phi) is 1.92. The quantitative estimate of drug-likeness (QED) is 0.714. The molecule has 0 atom stereocenters. The lowest BCUT2D eigenvalue weighted by molar-refractivity contribution is 0.112. The molecule has 0 spiro atoms. The highest BCUT2D eigenvalue weighted by Gasteiger charge is 2.04. The van der Waals surface area contributed by atoms with Gasteiger partial charge in [-0.15, -0.1) is 0 Å². The first-order chi connectivity index (χ1) is 6.22. The average molecular weight is 239 g/mol. The van der Waals surface area contributed by atoms with Crippen LogP contribution in [0, 0.1) is 0 Å². The first-order valence-corrected chi connectivity index (χ1v) is 4.58. The number of hydrogen-bond donors (Lipinski definition) is 0. The molecule has 0 aliphatic rings. The standard InChI is InChI=1S/C9H7BrN2O/c1-12-9-3-7(5-13)8(10)2-6(9)4-11-12/h2-5H,1H3. The number of aromatic nitrogens is 2. The van der Waals surface area contributed by atoms with Gasteiger partial charge in [0, 0.05) is 22.5 Å². The van der Waals surface area contributed by atoms with Gasteiger partial charge in [-0.05, 0) is 12.1 Å². The van der Waals surface area contributed by atoms with Crippen molar-refractivity contribution in [2.75, 3.05) is 0 Å². The van der Waals surface area contributed by atoms with E-state index in [0.717, 1.165) is 21.7 Å². The molecule has 0 fully saturated rings. The van der Waals surface area contributed by atoms with Crippen molar-refractivity contribution in [3.05, 3.63) is 28.4 Å². The zero-order valence-corrected chi connectivity index (χ0v) is 8.58. The van der Waals surface area contributed by atoms with Gasteiger partial charge in [0.1, 0.15) is 0 Å². The summed E-state index contributed by atoms with van der Waals surface area (Å²) in [6.07, 6.45) is 2.60. The molecule has 66 valence electrons. The fraction of sp³-hybridized carbons (Fsp3) is 0.111. The minimum atomic E-state index is 0.649. The average Bonchev–Trinajstić information content (AvgIpc) is 2.46. The molecule has 0 aliphatic carbocycles. The molecular weight excluding hydrogens is 232 g/mol. The number of carbonyl (C=O) groups excluding carboxylic acids is 1. The lowest BCUT2D eigenvalue weighted by Gasteiger charge is -1.98. The Hall–Kier alpha value is -1.16. The normalized spacial score (nSPS) is 10.6. The first kappa shape index (κ1) is 8.44. The van der Waals surface area contributed by atoms with Crippen LogP contribution in [0.5, 0.6) is 0 Å². The highest BCUT2D eigenvalue weighted by molar-refractivity contribution is 9.10. The third kappa shape index (κ3) is 1.27. The van der Waals surface area contributed by atoms with Gasteiger partial charge in [-0.3, -0.25) is 9.48 Å². The van der Waals surface area contributed by atoms with Gasteiger partial charge in [0.2, 0.25) is 0 Å². The summed E-state index contributed by atoms with van der Waals surface area (Å²) in [5, 5.41) is 5.12. The number of aldehydes is 1. The van der Waals surface area contributed by atoms with Crippen molar-refractivity contribution in [1.82, 2.24) is 9.78 Å². The second-order valence-corrected chi connectivity index (χ2v) is 3.67. The lowest BCUT2D eigenvalue weighted by atomic mass is 10.2. The maximum atomic E-state index is 10.6. The largest absolute Gasteiger partial charge is 0.298 e. The predicted molar refractivity (Wildman–Crippen MR) is 53.8 cm³/mol. The number of aryl methyl sites for hydroxylation is 1. The minimum Gasteiger partial charge on any atom is -0.298 e. The van der Waals surface area contributed by atoms with Crippen LogP contribution in [-0.2, 0) is 7.05 Å². The predicted octanol–water partition coefficient (Wildman–Crippen LogP) is 2.15. The Morgan fingerprint density at radius 3 is 3.00 bits per heavy atom. The van der Waals surface area contributed by atoms with Gasteiger partial charge in [-0.2, -0.15) is 5.10 Å². The fourth-order valence-electron chi connectivity index (χ4n) is 1.28. The smallest absolute Gasteiger partial charge is 0.151 e. The molecule has 0 unspecified atom stereocenters. The van der Waals surface area contributed by atoms with Crippen LogP contribution in [0.3, 0.4) is 0 Å². The molecule has 2 rings (SSSR count). The number of fused-ring (bicyclic) bond motifs is 1. The van der Waals surface area contributed by atoms with Crippen molar-refractivity contribution in [3.63, 3.8) is 0 Å². The van der Waals surface area contributed by atoms with Crippen LogP contribution in [0.25, 0.3) is 10.9 Å². The molecule has 0 amide bonds. The van der Waals surface area contributed by atoms with Crippen LogP contribution in [-0.4, -0.2) is 16.1 Å². The summed E-state index contributed by atoms with van der Waals surface area (Å²) in [4.78, 5) is 10.6. The zero-order valence-electron chi connectivity index (χ0n) is 6.99. The zero-order chi connectivity index (χ0) is 9.42. The van der Waals surface area contributed by atoms with Crippen molar-refractivity contribution in [2.45, 2.75) is 0 Å². The fourth-order valence-corrected chi connectivity index (χ4v) is 1.73. The SMILES string of the molecule is Cn1ncc2cc(Br)c(C=O)cc21. The van der Waals surface area contributed by atoms with E-state index in [9.17, 15) is 4.79 Å². The van der Waals surface area contributed by atoms with Crippen molar-refractivity contribution in [1.29, 1.82) is 0 Å². The van der Waals surface area contributed by atoms with Gasteiger partial charge < -0.3 is 0 Å². The summed E-state index contributed by atoms with van der Waals surface area (Å²) < 4.78 is 2.55. The maximum Gasteiger partial charge on any atom is 0.151 e. The summed E-state index contributed by atoms with van der Waals surface area (Å²) in [6.45, 7) is 0. The highest BCUT2D eigenvalue weighted by Crippen LogP contribution is 2.22. The lowest BCUT2D eigenvalue weighted by Crippen LogP contribution is -1.90. The molecule has 13 heavy (non-hydrogen) atoms. The third-order valence-corrected chi connectivity index (χ3v) is 2.68. The van der Waals surface area contributed by atoms with E-state index >= 15 is 0 Å². The van der Waals surface area contributed by atoms with E-state index in [0.29, 0.717) is 5.56 Å². The van der Waals surface area contributed by atoms with E-state index in [-0.39, 0.29) is 0 Å². The second-order valence-electron chi connectivity index (χ2n) is 2.82. The Morgan fingerprint density at radius 2 is 2.31 bits per heavy atom. The van der Waals surface area contributed by atoms with Crippen LogP contribution in [0.2, 0.25) is 0 Å². The Labute approximate surface area is 83.5 Å². The number of rotatable bonds is 1. The van der Waals surface area contributed by atoms with Gasteiger partial charge in [-0.25, -0.2) is 0 Å². The summed E-state index contributed by atoms with van der Waals surface area (Å²) in [7, 11) is 1.85. The molecule has 0 saturated heterocycles. The molecule has 1 aromatic heterocycles. The number of benzene rings is 1. The molecule has 0 bridgehead atoms. The van der Waals surface area contributed by atoms with Gasteiger partial charge >= 0.3 is 0 Å². The minimum absolute atomic E-state index is 0.649. The van der Waals surface area contributed by atoms with Crippen molar-refractivity contribution >= 4 is 33.1 Å². The first-order valence-electron chi connectivity index (χ1n) is 3.79. The Morgan fingerprint density at radius 1 is 1.54 bits per heavy atom. The maximum absolute atomic E-state index is 10.6. The van der Waals surface area contributed by atoms with Crippen LogP contribution >= 0.6 is 15.9 Å². The van der Waals surface area contributed by atoms with E-state index in [1.165, 1.54) is 0 Å². The number of hydrogen-bond acceptors (Lipinski definition) is 2. The van der Waals surface area contributed by atoms with Crippen molar-refractivity contribution in [2.24, 2.45) is 7.05 Å². The summed E-state index contributed by atoms with van der Waals surface area (Å²) in [5.41, 5.74) is 1.61. The third-order valence-electron chi connectivity index (χ3n) is 1.99. The van der Waals surface area contributed by atoms with Crippen molar-refractivity contribution < 1.29 is 4.79 Å². The number of carbonyl (C=O) groups is 1. The molecule has 0 aliphatic heterocycles. The van der Waals surface area contributed by atoms with E-state index in [1.807, 2.05) is 19.2 Å². The highest BCUT2D eigenvalue weighted by atomic mass is 79.9. The molecule has 2 aromatic rings. The molecule has 0 radical (unpaired) electrons. The van der Waals surface area contributed by atoms with Gasteiger partial charge in [0.05, 0.1) is 11.7 Å². The topological polar surface area (TPSA) is 34.9 Å². The van der Waals surface area contributed by atoms with Crippen molar-refractivity contribution in [3.8, 4) is 0 Å². The molecule has 0 N–H and O–H groups in total. The van der Waals surface area contributed by atoms with Crippen LogP contribution in [0.15, 0.2) is 22.8 Å². The summed E-state index contributed by atoms with van der Waals surface area (Å²) in [6, 6.07) is 3.71. The van der Waals surface area contributed by atoms with E-state index in [2.05, 4.69) is 21.0 Å². The van der Waals surface area contributed by atoms with Crippen LogP contribution in [0.1, 0.15) is 10.4 Å². The molecule has 3 nitrogen and oxygen atoms in total. The number of halogens is 1. The second kappa shape index (κ2) is 2.96. The Balaban J connectivity index is 2.84. The monoisotopic (exact) mass is 238 g/mol. The molecule has 0 saturated carbocycles. The van der Waals surface area contributed by atoms with E-state index in [4.69, 9.17) is 0 Å². The summed E-state index contributed by atoms with van der Waals surface area (Å²) in [5.74, 6) is 0. The van der Waals surface area contributed by atoms with E-state index < -0.39 is 0 Å². The molecular formula is C9H7BrN2O. The van der Waals surface area contributed by atoms with Crippen LogP contribution in [0.4, 0.5) is 0 Å². The van der Waals surface area contributed by atoms with Gasteiger partial charge in [-0.1, -0.05) is 15.9 Å².